The molecule has 0 radical (unpaired) electrons. The van der Waals surface area contributed by atoms with Crippen LogP contribution in [-0.2, 0) is 90.4 Å². The van der Waals surface area contributed by atoms with Crippen LogP contribution in [0.1, 0.15) is 27.8 Å². The van der Waals surface area contributed by atoms with Crippen molar-refractivity contribution in [2.45, 2.75) is 33.0 Å². The molecule has 5 rings (SSSR count). The number of carbonyl (C=O) groups is 9. The molecule has 0 aliphatic rings. The van der Waals surface area contributed by atoms with Gasteiger partial charge >= 0.3 is 53.7 Å². The summed E-state index contributed by atoms with van der Waals surface area (Å²) in [5.74, 6) is -9.25. The first kappa shape index (κ1) is 65.1. The zero-order valence-corrected chi connectivity index (χ0v) is 41.2. The molecule has 5 aromatic rings. The molecule has 0 fully saturated rings. The van der Waals surface area contributed by atoms with Crippen molar-refractivity contribution >= 4 is 53.7 Å². The maximum absolute atomic E-state index is 12.0. The van der Waals surface area contributed by atoms with Crippen molar-refractivity contribution in [1.82, 2.24) is 14.7 Å². The molecule has 5 aromatic carbocycles. The molecular formula is C53H61N3O20. The summed E-state index contributed by atoms with van der Waals surface area (Å²) in [6.07, 6.45) is 0. The number of aliphatic hydroxyl groups is 2. The summed E-state index contributed by atoms with van der Waals surface area (Å²) in [5.41, 5.74) is 4.36. The lowest BCUT2D eigenvalue weighted by Crippen LogP contribution is -2.39. The van der Waals surface area contributed by atoms with E-state index in [2.05, 4.69) is 0 Å². The first-order chi connectivity index (χ1) is 36.3. The normalized spacial score (nSPS) is 10.0. The molecule has 408 valence electrons. The van der Waals surface area contributed by atoms with Crippen molar-refractivity contribution in [2.24, 2.45) is 0 Å². The van der Waals surface area contributed by atoms with E-state index in [1.165, 1.54) is 4.90 Å². The lowest BCUT2D eigenvalue weighted by atomic mass is 10.2. The molecule has 0 heterocycles. The number of aliphatic hydroxyl groups excluding tert-OH is 2. The molecule has 0 bridgehead atoms. The van der Waals surface area contributed by atoms with Crippen molar-refractivity contribution < 1.29 is 98.2 Å². The van der Waals surface area contributed by atoms with Crippen LogP contribution in [0.5, 0.6) is 0 Å². The average molecular weight is 1060 g/mol. The third kappa shape index (κ3) is 36.1. The summed E-state index contributed by atoms with van der Waals surface area (Å²) < 4.78 is 15.2. The van der Waals surface area contributed by atoms with E-state index in [1.54, 1.807) is 24.3 Å². The number of aliphatic carboxylic acids is 6. The molecule has 8 N–H and O–H groups in total. The van der Waals surface area contributed by atoms with Crippen LogP contribution in [-0.4, -0.2) is 168 Å². The van der Waals surface area contributed by atoms with Gasteiger partial charge in [-0.2, -0.15) is 0 Å². The van der Waals surface area contributed by atoms with E-state index in [9.17, 15) is 43.2 Å². The molecule has 23 heteroatoms. The second-order valence-corrected chi connectivity index (χ2v) is 15.5. The molecule has 0 spiro atoms. The van der Waals surface area contributed by atoms with Gasteiger partial charge in [0.05, 0.1) is 72.1 Å². The van der Waals surface area contributed by atoms with Crippen molar-refractivity contribution in [1.29, 1.82) is 0 Å². The van der Waals surface area contributed by atoms with Crippen LogP contribution in [0, 0.1) is 0 Å². The Balaban J connectivity index is 0.000000515. The number of carboxylic acid groups (broad SMARTS) is 6. The molecular weight excluding hydrogens is 999 g/mol. The van der Waals surface area contributed by atoms with E-state index in [0.29, 0.717) is 0 Å². The third-order valence-corrected chi connectivity index (χ3v) is 8.99. The van der Waals surface area contributed by atoms with Gasteiger partial charge in [-0.05, 0) is 27.8 Å². The SMILES string of the molecule is O=C(O)CN(CC(=O)O)CC(=O)O.O=C(O)CN(CC(=O)O)CC(=O)OCc1ccccc1.O=C(O)CN(CC(=O)OCc1ccccc1)CC(=O)OCc1ccccc1.OCc1ccccc1.OCc1ccccc1. The number of nitrogens with zero attached hydrogens (tertiary/aromatic N) is 3. The van der Waals surface area contributed by atoms with Crippen molar-refractivity contribution in [3.63, 3.8) is 0 Å². The lowest BCUT2D eigenvalue weighted by Gasteiger charge is -2.18. The molecule has 0 unspecified atom stereocenters. The minimum absolute atomic E-state index is 0.0632. The van der Waals surface area contributed by atoms with Gasteiger partial charge in [-0.1, -0.05) is 152 Å². The zero-order valence-electron chi connectivity index (χ0n) is 41.2. The molecule has 0 saturated carbocycles. The van der Waals surface area contributed by atoms with Crippen LogP contribution in [0.15, 0.2) is 152 Å². The Morgan fingerprint density at radius 1 is 0.276 bits per heavy atom. The maximum Gasteiger partial charge on any atom is 0.320 e. The molecule has 0 aliphatic heterocycles. The van der Waals surface area contributed by atoms with Crippen LogP contribution in [0.4, 0.5) is 0 Å². The van der Waals surface area contributed by atoms with E-state index >= 15 is 0 Å². The monoisotopic (exact) mass is 1060 g/mol. The fraction of sp³-hybridized carbons (Fsp3) is 0.264. The van der Waals surface area contributed by atoms with Gasteiger partial charge in [-0.3, -0.25) is 57.9 Å². The Labute approximate surface area is 437 Å². The smallest absolute Gasteiger partial charge is 0.320 e. The topological polar surface area (TPSA) is 353 Å². The number of esters is 3. The summed E-state index contributed by atoms with van der Waals surface area (Å²) in [6.45, 7) is -3.85. The first-order valence-electron chi connectivity index (χ1n) is 22.6. The Morgan fingerprint density at radius 2 is 0.447 bits per heavy atom. The number of rotatable bonds is 26. The molecule has 23 nitrogen and oxygen atoms in total. The number of ether oxygens (including phenoxy) is 3. The second kappa shape index (κ2) is 39.6. The van der Waals surface area contributed by atoms with E-state index in [0.717, 1.165) is 37.6 Å². The summed E-state index contributed by atoms with van der Waals surface area (Å²) >= 11 is 0. The van der Waals surface area contributed by atoms with Gasteiger partial charge in [0, 0.05) is 0 Å². The first-order valence-corrected chi connectivity index (χ1v) is 22.6. The Morgan fingerprint density at radius 3 is 0.618 bits per heavy atom. The average Bonchev–Trinajstić information content (AvgIpc) is 3.38. The summed E-state index contributed by atoms with van der Waals surface area (Å²) in [5, 5.41) is 68.2. The Bertz CT molecular complexity index is 2340. The molecule has 0 atom stereocenters. The van der Waals surface area contributed by atoms with Crippen molar-refractivity contribution in [2.75, 3.05) is 58.9 Å². The number of hydrogen-bond acceptors (Lipinski definition) is 17. The van der Waals surface area contributed by atoms with Gasteiger partial charge < -0.3 is 55.1 Å². The van der Waals surface area contributed by atoms with Gasteiger partial charge in [0.25, 0.3) is 0 Å². The maximum atomic E-state index is 12.0. The zero-order chi connectivity index (χ0) is 56.5. The van der Waals surface area contributed by atoms with Crippen LogP contribution >= 0.6 is 0 Å². The molecule has 0 aromatic heterocycles. The van der Waals surface area contributed by atoms with Crippen LogP contribution in [0.25, 0.3) is 0 Å². The van der Waals surface area contributed by atoms with E-state index in [1.807, 2.05) is 127 Å². The third-order valence-electron chi connectivity index (χ3n) is 8.99. The van der Waals surface area contributed by atoms with Gasteiger partial charge in [-0.25, -0.2) is 0 Å². The van der Waals surface area contributed by atoms with Crippen LogP contribution in [0.3, 0.4) is 0 Å². The summed E-state index contributed by atoms with van der Waals surface area (Å²) in [6, 6.07) is 46.2. The highest BCUT2D eigenvalue weighted by atomic mass is 16.5. The fourth-order valence-electron chi connectivity index (χ4n) is 5.72. The molecule has 0 saturated heterocycles. The van der Waals surface area contributed by atoms with Gasteiger partial charge in [0.15, 0.2) is 0 Å². The number of carboxylic acids is 6. The number of carbonyl (C=O) groups excluding carboxylic acids is 3. The van der Waals surface area contributed by atoms with E-state index in [-0.39, 0.29) is 52.7 Å². The Hall–Kier alpha value is -8.87. The van der Waals surface area contributed by atoms with E-state index in [4.69, 9.17) is 55.1 Å². The quantitative estimate of drug-likeness (QED) is 0.0291. The largest absolute Gasteiger partial charge is 0.480 e. The highest BCUT2D eigenvalue weighted by Crippen LogP contribution is 2.05. The molecule has 76 heavy (non-hydrogen) atoms. The number of hydrogen-bond donors (Lipinski definition) is 8. The highest BCUT2D eigenvalue weighted by molar-refractivity contribution is 5.78. The minimum Gasteiger partial charge on any atom is -0.480 e. The predicted molar refractivity (Wildman–Crippen MR) is 269 cm³/mol. The standard InChI is InChI=1S/C20H21NO6.C13H15NO6.2C7H8O.C6H9NO6/c22-18(23)11-21(12-19(24)26-14-16-7-3-1-4-8-16)13-20(25)27-15-17-9-5-2-6-10-17;15-11(16)6-14(7-12(17)18)8-13(19)20-9-10-4-2-1-3-5-10;2*8-6-7-4-2-1-3-5-7;8-4(9)1-7(2-5(10)11)3-6(12)13/h1-10H,11-15H2,(H,22,23);1-5H,6-9H2,(H,15,16)(H,17,18);2*1-5,8H,6H2;1-3H2,(H,8,9)(H,10,11)(H,12,13). The predicted octanol–water partition coefficient (Wildman–Crippen LogP) is 2.96. The van der Waals surface area contributed by atoms with Crippen LogP contribution in [0.2, 0.25) is 0 Å². The van der Waals surface area contributed by atoms with Crippen LogP contribution < -0.4 is 0 Å². The highest BCUT2D eigenvalue weighted by Gasteiger charge is 2.20. The molecule has 0 amide bonds. The van der Waals surface area contributed by atoms with Gasteiger partial charge in [-0.15, -0.1) is 0 Å². The molecule has 0 aliphatic carbocycles. The minimum atomic E-state index is -1.26. The van der Waals surface area contributed by atoms with Gasteiger partial charge in [0.1, 0.15) is 19.8 Å². The summed E-state index contributed by atoms with van der Waals surface area (Å²) in [7, 11) is 0. The Kier molecular flexibility index (Phi) is 34.0. The number of benzene rings is 5. The van der Waals surface area contributed by atoms with Gasteiger partial charge in [0.2, 0.25) is 0 Å². The second-order valence-electron chi connectivity index (χ2n) is 15.5. The van der Waals surface area contributed by atoms with Crippen molar-refractivity contribution in [3.05, 3.63) is 179 Å². The summed E-state index contributed by atoms with van der Waals surface area (Å²) in [4.78, 5) is 101. The van der Waals surface area contributed by atoms with E-state index < -0.39 is 93.0 Å². The van der Waals surface area contributed by atoms with Crippen molar-refractivity contribution in [3.8, 4) is 0 Å². The lowest BCUT2D eigenvalue weighted by molar-refractivity contribution is -0.153. The fourth-order valence-corrected chi connectivity index (χ4v) is 5.72.